The maximum atomic E-state index is 5.60. The molecule has 0 bridgehead atoms. The van der Waals surface area contributed by atoms with Gasteiger partial charge in [0.05, 0.1) is 7.11 Å². The van der Waals surface area contributed by atoms with E-state index in [1.165, 1.54) is 5.69 Å². The molecular formula is C12H20N2O. The average Bonchev–Trinajstić information content (AvgIpc) is 2.29. The van der Waals surface area contributed by atoms with Gasteiger partial charge >= 0.3 is 0 Å². The lowest BCUT2D eigenvalue weighted by Gasteiger charge is -2.22. The van der Waals surface area contributed by atoms with Crippen LogP contribution in [0.25, 0.3) is 0 Å². The van der Waals surface area contributed by atoms with Gasteiger partial charge in [0.1, 0.15) is 5.75 Å². The molecule has 0 amide bonds. The number of methoxy groups -OCH3 is 1. The monoisotopic (exact) mass is 208 g/mol. The maximum Gasteiger partial charge on any atom is 0.119 e. The number of ether oxygens (including phenoxy) is 1. The van der Waals surface area contributed by atoms with Crippen LogP contribution >= 0.6 is 0 Å². The first-order chi connectivity index (χ1) is 7.17. The number of hydrogen-bond acceptors (Lipinski definition) is 3. The second-order valence-corrected chi connectivity index (χ2v) is 3.92. The fraction of sp³-hybridized carbons (Fsp3) is 0.500. The van der Waals surface area contributed by atoms with Crippen molar-refractivity contribution in [3.63, 3.8) is 0 Å². The molecule has 0 heterocycles. The van der Waals surface area contributed by atoms with Crippen molar-refractivity contribution < 1.29 is 4.74 Å². The Kier molecular flexibility index (Phi) is 4.43. The highest BCUT2D eigenvalue weighted by atomic mass is 16.5. The number of nitrogens with two attached hydrogens (primary N) is 1. The van der Waals surface area contributed by atoms with Crippen molar-refractivity contribution in [3.05, 3.63) is 24.3 Å². The molecule has 3 heteroatoms. The summed E-state index contributed by atoms with van der Waals surface area (Å²) in [5, 5.41) is 0. The lowest BCUT2D eigenvalue weighted by atomic mass is 10.1. The summed E-state index contributed by atoms with van der Waals surface area (Å²) in [6.07, 6.45) is 0. The van der Waals surface area contributed by atoms with Crippen molar-refractivity contribution >= 4 is 5.69 Å². The topological polar surface area (TPSA) is 38.5 Å². The van der Waals surface area contributed by atoms with E-state index in [0.717, 1.165) is 18.8 Å². The van der Waals surface area contributed by atoms with Gasteiger partial charge in [0.2, 0.25) is 0 Å². The van der Waals surface area contributed by atoms with Crippen molar-refractivity contribution in [2.45, 2.75) is 6.92 Å². The molecule has 0 aliphatic rings. The van der Waals surface area contributed by atoms with E-state index in [4.69, 9.17) is 10.5 Å². The smallest absolute Gasteiger partial charge is 0.119 e. The SMILES string of the molecule is COc1ccc(N(C)CC(C)CN)cc1. The van der Waals surface area contributed by atoms with Crippen LogP contribution in [-0.2, 0) is 0 Å². The van der Waals surface area contributed by atoms with Gasteiger partial charge in [0.25, 0.3) is 0 Å². The second kappa shape index (κ2) is 5.61. The van der Waals surface area contributed by atoms with E-state index in [9.17, 15) is 0 Å². The van der Waals surface area contributed by atoms with Gasteiger partial charge in [0, 0.05) is 19.3 Å². The Hall–Kier alpha value is -1.22. The van der Waals surface area contributed by atoms with E-state index < -0.39 is 0 Å². The zero-order valence-corrected chi connectivity index (χ0v) is 9.73. The van der Waals surface area contributed by atoms with Crippen LogP contribution in [0.4, 0.5) is 5.69 Å². The van der Waals surface area contributed by atoms with E-state index in [1.807, 2.05) is 12.1 Å². The van der Waals surface area contributed by atoms with Crippen molar-refractivity contribution in [1.29, 1.82) is 0 Å². The number of rotatable bonds is 5. The van der Waals surface area contributed by atoms with E-state index >= 15 is 0 Å². The maximum absolute atomic E-state index is 5.60. The highest BCUT2D eigenvalue weighted by Gasteiger charge is 2.05. The molecule has 1 aromatic carbocycles. The molecule has 0 saturated carbocycles. The summed E-state index contributed by atoms with van der Waals surface area (Å²) in [7, 11) is 3.75. The molecule has 15 heavy (non-hydrogen) atoms. The predicted molar refractivity (Wildman–Crippen MR) is 64.5 cm³/mol. The third-order valence-corrected chi connectivity index (χ3v) is 2.50. The number of anilines is 1. The third kappa shape index (κ3) is 3.44. The van der Waals surface area contributed by atoms with Crippen LogP contribution in [0.5, 0.6) is 5.75 Å². The van der Waals surface area contributed by atoms with Crippen LogP contribution in [0.2, 0.25) is 0 Å². The number of benzene rings is 1. The van der Waals surface area contributed by atoms with Crippen LogP contribution in [0.1, 0.15) is 6.92 Å². The highest BCUT2D eigenvalue weighted by Crippen LogP contribution is 2.18. The Labute approximate surface area is 91.8 Å². The minimum absolute atomic E-state index is 0.511. The molecule has 84 valence electrons. The Morgan fingerprint density at radius 1 is 1.33 bits per heavy atom. The summed E-state index contributed by atoms with van der Waals surface area (Å²) < 4.78 is 5.11. The molecule has 0 aliphatic carbocycles. The average molecular weight is 208 g/mol. The zero-order chi connectivity index (χ0) is 11.3. The summed E-state index contributed by atoms with van der Waals surface area (Å²) in [5.74, 6) is 1.40. The van der Waals surface area contributed by atoms with E-state index in [1.54, 1.807) is 7.11 Å². The first-order valence-electron chi connectivity index (χ1n) is 5.22. The number of hydrogen-bond donors (Lipinski definition) is 1. The first-order valence-corrected chi connectivity index (χ1v) is 5.22. The van der Waals surface area contributed by atoms with Gasteiger partial charge < -0.3 is 15.4 Å². The van der Waals surface area contributed by atoms with E-state index in [0.29, 0.717) is 5.92 Å². The molecule has 1 aromatic rings. The first kappa shape index (κ1) is 11.9. The summed E-state index contributed by atoms with van der Waals surface area (Å²) >= 11 is 0. The standard InChI is InChI=1S/C12H20N2O/c1-10(8-13)9-14(2)11-4-6-12(15-3)7-5-11/h4-7,10H,8-9,13H2,1-3H3. The van der Waals surface area contributed by atoms with Gasteiger partial charge in [-0.25, -0.2) is 0 Å². The Morgan fingerprint density at radius 2 is 1.93 bits per heavy atom. The Morgan fingerprint density at radius 3 is 2.40 bits per heavy atom. The van der Waals surface area contributed by atoms with Gasteiger partial charge in [-0.1, -0.05) is 6.92 Å². The molecule has 1 unspecified atom stereocenters. The highest BCUT2D eigenvalue weighted by molar-refractivity contribution is 5.48. The van der Waals surface area contributed by atoms with Gasteiger partial charge in [0.15, 0.2) is 0 Å². The molecule has 0 aliphatic heterocycles. The molecule has 0 saturated heterocycles. The van der Waals surface area contributed by atoms with Crippen LogP contribution < -0.4 is 15.4 Å². The molecule has 0 radical (unpaired) electrons. The number of nitrogens with zero attached hydrogens (tertiary/aromatic N) is 1. The van der Waals surface area contributed by atoms with Gasteiger partial charge in [-0.2, -0.15) is 0 Å². The molecule has 2 N–H and O–H groups in total. The van der Waals surface area contributed by atoms with Crippen LogP contribution in [0.15, 0.2) is 24.3 Å². The van der Waals surface area contributed by atoms with Crippen LogP contribution in [-0.4, -0.2) is 27.2 Å². The van der Waals surface area contributed by atoms with Crippen LogP contribution in [0.3, 0.4) is 0 Å². The van der Waals surface area contributed by atoms with Gasteiger partial charge in [-0.15, -0.1) is 0 Å². The fourth-order valence-electron chi connectivity index (χ4n) is 1.48. The Bertz CT molecular complexity index is 284. The lowest BCUT2D eigenvalue weighted by Crippen LogP contribution is -2.28. The molecule has 1 atom stereocenters. The fourth-order valence-corrected chi connectivity index (χ4v) is 1.48. The second-order valence-electron chi connectivity index (χ2n) is 3.92. The van der Waals surface area contributed by atoms with Crippen molar-refractivity contribution in [2.24, 2.45) is 11.7 Å². The van der Waals surface area contributed by atoms with E-state index in [2.05, 4.69) is 31.0 Å². The van der Waals surface area contributed by atoms with E-state index in [-0.39, 0.29) is 0 Å². The summed E-state index contributed by atoms with van der Waals surface area (Å²) in [6, 6.07) is 8.06. The largest absolute Gasteiger partial charge is 0.497 e. The molecule has 0 fully saturated rings. The quantitative estimate of drug-likeness (QED) is 0.801. The summed E-state index contributed by atoms with van der Waals surface area (Å²) in [5.41, 5.74) is 6.79. The van der Waals surface area contributed by atoms with Crippen molar-refractivity contribution in [1.82, 2.24) is 0 Å². The molecule has 1 rings (SSSR count). The lowest BCUT2D eigenvalue weighted by molar-refractivity contribution is 0.415. The molecule has 0 aromatic heterocycles. The van der Waals surface area contributed by atoms with Crippen molar-refractivity contribution in [2.75, 3.05) is 32.1 Å². The predicted octanol–water partition coefficient (Wildman–Crippen LogP) is 1.73. The molecule has 0 spiro atoms. The normalized spacial score (nSPS) is 12.3. The summed E-state index contributed by atoms with van der Waals surface area (Å²) in [4.78, 5) is 2.21. The zero-order valence-electron chi connectivity index (χ0n) is 9.73. The van der Waals surface area contributed by atoms with Gasteiger partial charge in [-0.3, -0.25) is 0 Å². The molecular weight excluding hydrogens is 188 g/mol. The third-order valence-electron chi connectivity index (χ3n) is 2.50. The van der Waals surface area contributed by atoms with Crippen LogP contribution in [0, 0.1) is 5.92 Å². The minimum atomic E-state index is 0.511. The van der Waals surface area contributed by atoms with Crippen molar-refractivity contribution in [3.8, 4) is 5.75 Å². The molecule has 3 nitrogen and oxygen atoms in total. The summed E-state index contributed by atoms with van der Waals surface area (Å²) in [6.45, 7) is 3.85. The Balaban J connectivity index is 2.61. The minimum Gasteiger partial charge on any atom is -0.497 e. The van der Waals surface area contributed by atoms with Gasteiger partial charge in [-0.05, 0) is 36.7 Å².